The lowest BCUT2D eigenvalue weighted by Crippen LogP contribution is -1.96. The highest BCUT2D eigenvalue weighted by Crippen LogP contribution is 2.19. The van der Waals surface area contributed by atoms with E-state index in [9.17, 15) is 4.79 Å². The molecular formula is C11H15Cl2NOS. The van der Waals surface area contributed by atoms with E-state index >= 15 is 0 Å². The van der Waals surface area contributed by atoms with Crippen LogP contribution in [0.15, 0.2) is 18.2 Å². The van der Waals surface area contributed by atoms with Crippen molar-refractivity contribution in [2.24, 2.45) is 0 Å². The molecule has 1 fully saturated rings. The first-order chi connectivity index (χ1) is 7.61. The lowest BCUT2D eigenvalue weighted by atomic mass is 10.2. The maximum atomic E-state index is 10.6. The average molecular weight is 280 g/mol. The number of hydrogen-bond acceptors (Lipinski definition) is 3. The van der Waals surface area contributed by atoms with Gasteiger partial charge in [-0.2, -0.15) is 11.8 Å². The molecule has 1 saturated heterocycles. The summed E-state index contributed by atoms with van der Waals surface area (Å²) in [6.45, 7) is 4.00. The van der Waals surface area contributed by atoms with Gasteiger partial charge in [0.2, 0.25) is 0 Å². The average Bonchev–Trinajstić information content (AvgIpc) is 3.11. The Labute approximate surface area is 110 Å². The highest BCUT2D eigenvalue weighted by Gasteiger charge is 2.05. The number of hydrogen-bond donors (Lipinski definition) is 1. The molecule has 2 N–H and O–H groups in total. The number of carbonyl (C=O) groups is 1. The fraction of sp³-hybridized carbons (Fsp3) is 0.364. The predicted octanol–water partition coefficient (Wildman–Crippen LogP) is 4.06. The molecule has 16 heavy (non-hydrogen) atoms. The molecule has 0 radical (unpaired) electrons. The highest BCUT2D eigenvalue weighted by molar-refractivity contribution is 8.06. The fourth-order valence-corrected chi connectivity index (χ4v) is 1.03. The Bertz CT molecular complexity index is 340. The van der Waals surface area contributed by atoms with Gasteiger partial charge < -0.3 is 5.73 Å². The topological polar surface area (TPSA) is 43.1 Å². The molecule has 0 spiro atoms. The zero-order chi connectivity index (χ0) is 12.6. The normalized spacial score (nSPS) is 11.5. The summed E-state index contributed by atoms with van der Waals surface area (Å²) in [4.78, 5) is 10.6. The van der Waals surface area contributed by atoms with Crippen LogP contribution in [0.25, 0.3) is 0 Å². The SMILES string of the molecule is C1CS1.CC.Nc1ccc(Cl)cc1C(=O)Cl. The van der Waals surface area contributed by atoms with Crippen LogP contribution in [-0.4, -0.2) is 16.7 Å². The Morgan fingerprint density at radius 3 is 2.19 bits per heavy atom. The fourth-order valence-electron chi connectivity index (χ4n) is 0.699. The molecule has 90 valence electrons. The van der Waals surface area contributed by atoms with Gasteiger partial charge in [-0.3, -0.25) is 4.79 Å². The van der Waals surface area contributed by atoms with Crippen molar-refractivity contribution in [2.45, 2.75) is 13.8 Å². The summed E-state index contributed by atoms with van der Waals surface area (Å²) in [7, 11) is 0. The third-order valence-electron chi connectivity index (χ3n) is 1.43. The molecule has 1 aliphatic heterocycles. The highest BCUT2D eigenvalue weighted by atomic mass is 35.5. The van der Waals surface area contributed by atoms with Gasteiger partial charge in [0.1, 0.15) is 0 Å². The van der Waals surface area contributed by atoms with Crippen LogP contribution in [0.3, 0.4) is 0 Å². The number of thioether (sulfide) groups is 1. The molecule has 2 nitrogen and oxygen atoms in total. The van der Waals surface area contributed by atoms with Crippen molar-refractivity contribution in [1.29, 1.82) is 0 Å². The largest absolute Gasteiger partial charge is 0.398 e. The van der Waals surface area contributed by atoms with E-state index in [0.29, 0.717) is 10.7 Å². The van der Waals surface area contributed by atoms with Gasteiger partial charge in [-0.05, 0) is 29.8 Å². The van der Waals surface area contributed by atoms with Gasteiger partial charge in [0.05, 0.1) is 5.56 Å². The van der Waals surface area contributed by atoms with Crippen LogP contribution in [0.1, 0.15) is 24.2 Å². The maximum absolute atomic E-state index is 10.6. The number of nitrogens with two attached hydrogens (primary N) is 1. The Kier molecular flexibility index (Phi) is 8.53. The minimum Gasteiger partial charge on any atom is -0.398 e. The van der Waals surface area contributed by atoms with E-state index in [1.54, 1.807) is 6.07 Å². The molecule has 1 aromatic carbocycles. The van der Waals surface area contributed by atoms with Crippen molar-refractivity contribution in [2.75, 3.05) is 17.2 Å². The molecule has 5 heteroatoms. The minimum atomic E-state index is -0.593. The first kappa shape index (κ1) is 15.6. The Morgan fingerprint density at radius 1 is 1.38 bits per heavy atom. The van der Waals surface area contributed by atoms with E-state index in [1.807, 2.05) is 25.6 Å². The molecule has 1 aromatic rings. The van der Waals surface area contributed by atoms with E-state index in [4.69, 9.17) is 28.9 Å². The quantitative estimate of drug-likeness (QED) is 0.479. The molecule has 0 amide bonds. The monoisotopic (exact) mass is 279 g/mol. The van der Waals surface area contributed by atoms with Crippen molar-refractivity contribution in [3.05, 3.63) is 28.8 Å². The van der Waals surface area contributed by atoms with E-state index in [2.05, 4.69) is 0 Å². The third-order valence-corrected chi connectivity index (χ3v) is 2.28. The number of benzene rings is 1. The van der Waals surface area contributed by atoms with Crippen LogP contribution >= 0.6 is 35.0 Å². The van der Waals surface area contributed by atoms with Crippen molar-refractivity contribution >= 4 is 45.9 Å². The summed E-state index contributed by atoms with van der Waals surface area (Å²) < 4.78 is 0. The Morgan fingerprint density at radius 2 is 1.88 bits per heavy atom. The molecule has 0 atom stereocenters. The van der Waals surface area contributed by atoms with Crippen LogP contribution < -0.4 is 5.73 Å². The minimum absolute atomic E-state index is 0.249. The van der Waals surface area contributed by atoms with Crippen LogP contribution in [0, 0.1) is 0 Å². The molecule has 1 aliphatic rings. The number of carbonyl (C=O) groups excluding carboxylic acids is 1. The van der Waals surface area contributed by atoms with Crippen LogP contribution in [0.2, 0.25) is 5.02 Å². The first-order valence-corrected chi connectivity index (χ1v) is 6.85. The van der Waals surface area contributed by atoms with Gasteiger partial charge in [0.25, 0.3) is 5.24 Å². The zero-order valence-corrected chi connectivity index (χ0v) is 11.6. The lowest BCUT2D eigenvalue weighted by Gasteiger charge is -1.98. The second-order valence-electron chi connectivity index (χ2n) is 2.62. The van der Waals surface area contributed by atoms with Gasteiger partial charge >= 0.3 is 0 Å². The summed E-state index contributed by atoms with van der Waals surface area (Å²) in [5.41, 5.74) is 6.02. The van der Waals surface area contributed by atoms with Gasteiger partial charge in [-0.15, -0.1) is 0 Å². The van der Waals surface area contributed by atoms with Gasteiger partial charge in [0, 0.05) is 22.2 Å². The molecule has 2 rings (SSSR count). The number of halogens is 2. The second-order valence-corrected chi connectivity index (χ2v) is 4.62. The number of rotatable bonds is 1. The summed E-state index contributed by atoms with van der Waals surface area (Å²) in [6, 6.07) is 4.57. The molecule has 0 bridgehead atoms. The zero-order valence-electron chi connectivity index (χ0n) is 9.30. The van der Waals surface area contributed by atoms with E-state index in [1.165, 1.54) is 23.6 Å². The van der Waals surface area contributed by atoms with E-state index in [0.717, 1.165) is 0 Å². The molecular weight excluding hydrogens is 265 g/mol. The summed E-state index contributed by atoms with van der Waals surface area (Å²) in [6.07, 6.45) is 0. The van der Waals surface area contributed by atoms with E-state index in [-0.39, 0.29) is 5.56 Å². The van der Waals surface area contributed by atoms with Crippen molar-refractivity contribution < 1.29 is 4.79 Å². The predicted molar refractivity (Wildman–Crippen MR) is 74.7 cm³/mol. The lowest BCUT2D eigenvalue weighted by molar-refractivity contribution is 0.108. The molecule has 0 aromatic heterocycles. The number of anilines is 1. The van der Waals surface area contributed by atoms with Crippen LogP contribution in [0.5, 0.6) is 0 Å². The standard InChI is InChI=1S/C7H5Cl2NO.C2H4S.C2H6/c8-4-1-2-6(10)5(3-4)7(9)11;1-2-3-1;1-2/h1-3H,10H2;1-2H2;1-2H3. The molecule has 1 heterocycles. The van der Waals surface area contributed by atoms with Crippen LogP contribution in [0.4, 0.5) is 5.69 Å². The molecule has 0 unspecified atom stereocenters. The van der Waals surface area contributed by atoms with Gasteiger partial charge in [-0.25, -0.2) is 0 Å². The summed E-state index contributed by atoms with van der Waals surface area (Å²) in [5.74, 6) is 2.83. The van der Waals surface area contributed by atoms with Crippen molar-refractivity contribution in [3.8, 4) is 0 Å². The smallest absolute Gasteiger partial charge is 0.254 e. The molecule has 0 aliphatic carbocycles. The summed E-state index contributed by atoms with van der Waals surface area (Å²) in [5, 5.41) is -0.145. The van der Waals surface area contributed by atoms with Gasteiger partial charge in [0.15, 0.2) is 0 Å². The van der Waals surface area contributed by atoms with Gasteiger partial charge in [-0.1, -0.05) is 25.4 Å². The third kappa shape index (κ3) is 6.99. The Hall–Kier alpha value is -0.380. The summed E-state index contributed by atoms with van der Waals surface area (Å²) >= 11 is 12.8. The first-order valence-electron chi connectivity index (χ1n) is 4.94. The Balaban J connectivity index is 0.000000375. The molecule has 0 saturated carbocycles. The maximum Gasteiger partial charge on any atom is 0.254 e. The van der Waals surface area contributed by atoms with Crippen molar-refractivity contribution in [1.82, 2.24) is 0 Å². The van der Waals surface area contributed by atoms with Crippen molar-refractivity contribution in [3.63, 3.8) is 0 Å². The van der Waals surface area contributed by atoms with Crippen LogP contribution in [-0.2, 0) is 0 Å². The second kappa shape index (κ2) is 8.74. The number of nitrogen functional groups attached to an aromatic ring is 1. The van der Waals surface area contributed by atoms with E-state index < -0.39 is 5.24 Å².